The lowest BCUT2D eigenvalue weighted by Gasteiger charge is -2.34. The normalized spacial score (nSPS) is 15.0. The first-order valence-electron chi connectivity index (χ1n) is 8.74. The predicted octanol–water partition coefficient (Wildman–Crippen LogP) is 6.79. The van der Waals surface area contributed by atoms with Crippen molar-refractivity contribution in [1.29, 1.82) is 0 Å². The van der Waals surface area contributed by atoms with Crippen molar-refractivity contribution in [3.05, 3.63) is 35.9 Å². The summed E-state index contributed by atoms with van der Waals surface area (Å²) in [6.45, 7) is 16.5. The highest BCUT2D eigenvalue weighted by Gasteiger charge is 2.20. The standard InChI is InChI=1S/C14H19N.3C2H6/c1-4-7-12-10-11(2)13-8-5-6-9-14(13)15(12)3;3*1-2/h5-6,8-10,12H,4,7H2,1-3H3;3*1-2H3. The Balaban J connectivity index is 0. The van der Waals surface area contributed by atoms with Gasteiger partial charge in [-0.25, -0.2) is 0 Å². The molecule has 0 saturated heterocycles. The van der Waals surface area contributed by atoms with Gasteiger partial charge in [0.1, 0.15) is 0 Å². The molecule has 1 atom stereocenters. The van der Waals surface area contributed by atoms with E-state index in [1.807, 2.05) is 41.5 Å². The maximum Gasteiger partial charge on any atom is 0.0475 e. The zero-order chi connectivity index (χ0) is 16.8. The van der Waals surface area contributed by atoms with E-state index in [4.69, 9.17) is 0 Å². The number of nitrogens with zero attached hydrogens (tertiary/aromatic N) is 1. The summed E-state index contributed by atoms with van der Waals surface area (Å²) in [4.78, 5) is 2.39. The zero-order valence-corrected chi connectivity index (χ0v) is 15.8. The molecule has 1 nitrogen and oxygen atoms in total. The van der Waals surface area contributed by atoms with Gasteiger partial charge < -0.3 is 4.90 Å². The van der Waals surface area contributed by atoms with E-state index in [1.165, 1.54) is 29.7 Å². The lowest BCUT2D eigenvalue weighted by Crippen LogP contribution is -2.32. The molecular formula is C20H37N. The minimum atomic E-state index is 0.574. The summed E-state index contributed by atoms with van der Waals surface area (Å²) in [5, 5.41) is 0. The Morgan fingerprint density at radius 3 is 2.00 bits per heavy atom. The number of benzene rings is 1. The van der Waals surface area contributed by atoms with Gasteiger partial charge in [-0.05, 0) is 25.0 Å². The zero-order valence-electron chi connectivity index (χ0n) is 15.8. The molecule has 0 aliphatic carbocycles. The molecule has 0 radical (unpaired) electrons. The summed E-state index contributed by atoms with van der Waals surface area (Å²) in [6, 6.07) is 9.24. The molecule has 1 aromatic rings. The first-order valence-corrected chi connectivity index (χ1v) is 8.74. The maximum absolute atomic E-state index is 2.39. The number of hydrogen-bond donors (Lipinski definition) is 0. The van der Waals surface area contributed by atoms with Crippen LogP contribution >= 0.6 is 0 Å². The van der Waals surface area contributed by atoms with Crippen molar-refractivity contribution < 1.29 is 0 Å². The summed E-state index contributed by atoms with van der Waals surface area (Å²) in [5.74, 6) is 0. The van der Waals surface area contributed by atoms with E-state index < -0.39 is 0 Å². The largest absolute Gasteiger partial charge is 0.368 e. The van der Waals surface area contributed by atoms with E-state index in [0.29, 0.717) is 6.04 Å². The van der Waals surface area contributed by atoms with Crippen molar-refractivity contribution in [1.82, 2.24) is 0 Å². The van der Waals surface area contributed by atoms with Crippen molar-refractivity contribution in [3.8, 4) is 0 Å². The van der Waals surface area contributed by atoms with Crippen LogP contribution in [0.5, 0.6) is 0 Å². The molecule has 0 fully saturated rings. The second-order valence-electron chi connectivity index (χ2n) is 4.33. The Hall–Kier alpha value is -1.24. The number of hydrogen-bond acceptors (Lipinski definition) is 1. The molecule has 1 heteroatoms. The minimum absolute atomic E-state index is 0.574. The van der Waals surface area contributed by atoms with Crippen LogP contribution in [-0.2, 0) is 0 Å². The number of likely N-dealkylation sites (N-methyl/N-ethyl adjacent to an activating group) is 1. The molecule has 21 heavy (non-hydrogen) atoms. The second-order valence-corrected chi connectivity index (χ2v) is 4.33. The second kappa shape index (κ2) is 13.7. The van der Waals surface area contributed by atoms with E-state index in [0.717, 1.165) is 0 Å². The molecule has 0 bridgehead atoms. The molecule has 2 rings (SSSR count). The molecule has 0 aromatic heterocycles. The summed E-state index contributed by atoms with van der Waals surface area (Å²) >= 11 is 0. The molecule has 0 amide bonds. The Bertz CT molecular complexity index is 379. The maximum atomic E-state index is 2.39. The summed E-state index contributed by atoms with van der Waals surface area (Å²) in [7, 11) is 2.20. The van der Waals surface area contributed by atoms with Crippen molar-refractivity contribution in [3.63, 3.8) is 0 Å². The fourth-order valence-electron chi connectivity index (χ4n) is 2.36. The van der Waals surface area contributed by atoms with Gasteiger partial charge in [0, 0.05) is 24.3 Å². The van der Waals surface area contributed by atoms with Crippen LogP contribution in [0.2, 0.25) is 0 Å². The number of allylic oxidation sites excluding steroid dienone is 1. The molecule has 1 aliphatic rings. The summed E-state index contributed by atoms with van der Waals surface area (Å²) < 4.78 is 0. The summed E-state index contributed by atoms with van der Waals surface area (Å²) in [5.41, 5.74) is 4.17. The molecular weight excluding hydrogens is 254 g/mol. The van der Waals surface area contributed by atoms with Crippen LogP contribution in [0.1, 0.15) is 73.8 Å². The van der Waals surface area contributed by atoms with Crippen LogP contribution in [0.15, 0.2) is 30.3 Å². The van der Waals surface area contributed by atoms with Gasteiger partial charge in [-0.1, -0.05) is 79.2 Å². The molecule has 1 heterocycles. The molecule has 0 saturated carbocycles. The fourth-order valence-corrected chi connectivity index (χ4v) is 2.36. The van der Waals surface area contributed by atoms with E-state index >= 15 is 0 Å². The van der Waals surface area contributed by atoms with Gasteiger partial charge in [0.2, 0.25) is 0 Å². The summed E-state index contributed by atoms with van der Waals surface area (Å²) in [6.07, 6.45) is 4.87. The Kier molecular flexibility index (Phi) is 14.4. The lowest BCUT2D eigenvalue weighted by atomic mass is 9.95. The monoisotopic (exact) mass is 291 g/mol. The van der Waals surface area contributed by atoms with Crippen LogP contribution in [0.3, 0.4) is 0 Å². The van der Waals surface area contributed by atoms with E-state index in [2.05, 4.69) is 56.1 Å². The van der Waals surface area contributed by atoms with Gasteiger partial charge >= 0.3 is 0 Å². The SMILES string of the molecule is CC.CC.CC.CCCC1C=C(C)c2ccccc2N1C. The van der Waals surface area contributed by atoms with Crippen molar-refractivity contribution >= 4 is 11.3 Å². The smallest absolute Gasteiger partial charge is 0.0475 e. The molecule has 1 unspecified atom stereocenters. The van der Waals surface area contributed by atoms with Gasteiger partial charge in [-0.2, -0.15) is 0 Å². The Morgan fingerprint density at radius 1 is 0.952 bits per heavy atom. The van der Waals surface area contributed by atoms with E-state index in [-0.39, 0.29) is 0 Å². The number of para-hydroxylation sites is 1. The van der Waals surface area contributed by atoms with Crippen LogP contribution < -0.4 is 4.90 Å². The van der Waals surface area contributed by atoms with Gasteiger partial charge in [0.15, 0.2) is 0 Å². The third kappa shape index (κ3) is 6.37. The van der Waals surface area contributed by atoms with E-state index in [9.17, 15) is 0 Å². The van der Waals surface area contributed by atoms with Crippen LogP contribution in [-0.4, -0.2) is 13.1 Å². The first-order chi connectivity index (χ1) is 10.2. The van der Waals surface area contributed by atoms with Crippen molar-refractivity contribution in [2.75, 3.05) is 11.9 Å². The highest BCUT2D eigenvalue weighted by atomic mass is 15.1. The molecule has 1 aromatic carbocycles. The van der Waals surface area contributed by atoms with Crippen LogP contribution in [0, 0.1) is 0 Å². The first kappa shape index (κ1) is 22.0. The molecule has 1 aliphatic heterocycles. The third-order valence-corrected chi connectivity index (χ3v) is 3.23. The highest BCUT2D eigenvalue weighted by molar-refractivity contribution is 5.79. The van der Waals surface area contributed by atoms with Gasteiger partial charge in [0.05, 0.1) is 0 Å². The minimum Gasteiger partial charge on any atom is -0.368 e. The number of rotatable bonds is 2. The fraction of sp³-hybridized carbons (Fsp3) is 0.600. The number of anilines is 1. The number of fused-ring (bicyclic) bond motifs is 1. The third-order valence-electron chi connectivity index (χ3n) is 3.23. The van der Waals surface area contributed by atoms with Crippen molar-refractivity contribution in [2.45, 2.75) is 74.3 Å². The highest BCUT2D eigenvalue weighted by Crippen LogP contribution is 2.33. The Labute approximate surface area is 134 Å². The van der Waals surface area contributed by atoms with Crippen molar-refractivity contribution in [2.24, 2.45) is 0 Å². The van der Waals surface area contributed by atoms with Crippen LogP contribution in [0.4, 0.5) is 5.69 Å². The van der Waals surface area contributed by atoms with Crippen LogP contribution in [0.25, 0.3) is 5.57 Å². The molecule has 0 N–H and O–H groups in total. The quantitative estimate of drug-likeness (QED) is 0.580. The van der Waals surface area contributed by atoms with E-state index in [1.54, 1.807) is 0 Å². The average molecular weight is 292 g/mol. The van der Waals surface area contributed by atoms with Gasteiger partial charge in [-0.15, -0.1) is 0 Å². The predicted molar refractivity (Wildman–Crippen MR) is 101 cm³/mol. The average Bonchev–Trinajstić information content (AvgIpc) is 2.58. The van der Waals surface area contributed by atoms with Gasteiger partial charge in [0.25, 0.3) is 0 Å². The molecule has 122 valence electrons. The topological polar surface area (TPSA) is 3.24 Å². The molecule has 0 spiro atoms. The lowest BCUT2D eigenvalue weighted by molar-refractivity contribution is 0.660. The van der Waals surface area contributed by atoms with Gasteiger partial charge in [-0.3, -0.25) is 0 Å². The Morgan fingerprint density at radius 2 is 1.48 bits per heavy atom.